The molecule has 0 aromatic rings. The van der Waals surface area contributed by atoms with Gasteiger partial charge in [-0.2, -0.15) is 0 Å². The molecule has 0 aliphatic heterocycles. The average Bonchev–Trinajstić information content (AvgIpc) is 1.90. The molecule has 0 aliphatic carbocycles. The summed E-state index contributed by atoms with van der Waals surface area (Å²) in [5.74, 6) is 0. The zero-order valence-corrected chi connectivity index (χ0v) is 7.48. The number of hydrogen-bond donors (Lipinski definition) is 0. The quantitative estimate of drug-likeness (QED) is 0.586. The molecule has 0 N–H and O–H groups in total. The van der Waals surface area contributed by atoms with Crippen LogP contribution in [0, 0.1) is 0 Å². The van der Waals surface area contributed by atoms with E-state index in [9.17, 15) is 4.79 Å². The number of likely N-dealkylation sites (N-methyl/N-ethyl adjacent to an activating group) is 1. The van der Waals surface area contributed by atoms with Gasteiger partial charge in [0.15, 0.2) is 0 Å². The molecule has 0 rings (SSSR count). The smallest absolute Gasteiger partial charge is 0.238 e. The first kappa shape index (κ1) is 9.92. The van der Waals surface area contributed by atoms with Crippen LogP contribution in [0.1, 0.15) is 20.8 Å². The zero-order valence-electron chi connectivity index (χ0n) is 6.72. The fraction of sp³-hybridized carbons (Fsp3) is 0.857. The summed E-state index contributed by atoms with van der Waals surface area (Å²) in [6, 6.07) is -0.142. The van der Waals surface area contributed by atoms with Crippen LogP contribution in [0.5, 0.6) is 0 Å². The summed E-state index contributed by atoms with van der Waals surface area (Å²) in [6.45, 7) is 7.59. The standard InChI is InChI=1S/C7H14ClNO/c1-4-9(5-2)6(3)7(8)10/h6H,4-5H2,1-3H3. The van der Waals surface area contributed by atoms with Crippen molar-refractivity contribution < 1.29 is 4.79 Å². The Kier molecular flexibility index (Phi) is 4.65. The molecular weight excluding hydrogens is 150 g/mol. The molecule has 0 radical (unpaired) electrons. The SMILES string of the molecule is CCN(CC)C(C)C(=O)Cl. The van der Waals surface area contributed by atoms with Crippen molar-refractivity contribution in [2.24, 2.45) is 0 Å². The lowest BCUT2D eigenvalue weighted by molar-refractivity contribution is -0.115. The van der Waals surface area contributed by atoms with Gasteiger partial charge in [-0.25, -0.2) is 0 Å². The second kappa shape index (κ2) is 4.69. The molecule has 0 fully saturated rings. The van der Waals surface area contributed by atoms with Crippen LogP contribution in [0.25, 0.3) is 0 Å². The Hall–Kier alpha value is -0.0800. The minimum absolute atomic E-state index is 0.142. The summed E-state index contributed by atoms with van der Waals surface area (Å²) in [7, 11) is 0. The minimum Gasteiger partial charge on any atom is -0.293 e. The molecule has 0 saturated carbocycles. The van der Waals surface area contributed by atoms with Crippen LogP contribution < -0.4 is 0 Å². The van der Waals surface area contributed by atoms with Crippen molar-refractivity contribution in [1.29, 1.82) is 0 Å². The van der Waals surface area contributed by atoms with E-state index in [0.29, 0.717) is 0 Å². The largest absolute Gasteiger partial charge is 0.293 e. The van der Waals surface area contributed by atoms with E-state index in [2.05, 4.69) is 0 Å². The Balaban J connectivity index is 3.88. The third-order valence-electron chi connectivity index (χ3n) is 1.69. The van der Waals surface area contributed by atoms with Gasteiger partial charge in [0, 0.05) is 0 Å². The number of nitrogens with zero attached hydrogens (tertiary/aromatic N) is 1. The van der Waals surface area contributed by atoms with E-state index < -0.39 is 0 Å². The van der Waals surface area contributed by atoms with Crippen molar-refractivity contribution in [1.82, 2.24) is 4.90 Å². The first-order chi connectivity index (χ1) is 4.63. The number of rotatable bonds is 4. The lowest BCUT2D eigenvalue weighted by Gasteiger charge is -2.22. The maximum Gasteiger partial charge on any atom is 0.238 e. The third-order valence-corrected chi connectivity index (χ3v) is 2.00. The van der Waals surface area contributed by atoms with Crippen LogP contribution in [0.15, 0.2) is 0 Å². The van der Waals surface area contributed by atoms with Crippen molar-refractivity contribution in [2.75, 3.05) is 13.1 Å². The summed E-state index contributed by atoms with van der Waals surface area (Å²) >= 11 is 5.30. The highest BCUT2D eigenvalue weighted by atomic mass is 35.5. The van der Waals surface area contributed by atoms with Gasteiger partial charge in [0.2, 0.25) is 5.24 Å². The molecule has 10 heavy (non-hydrogen) atoms. The normalized spacial score (nSPS) is 13.7. The van der Waals surface area contributed by atoms with Crippen LogP contribution in [0.2, 0.25) is 0 Å². The maximum atomic E-state index is 10.6. The second-order valence-corrected chi connectivity index (χ2v) is 2.57. The molecule has 0 aromatic carbocycles. The Labute approximate surface area is 67.2 Å². The summed E-state index contributed by atoms with van der Waals surface area (Å²) < 4.78 is 0. The van der Waals surface area contributed by atoms with Crippen LogP contribution in [0.3, 0.4) is 0 Å². The van der Waals surface area contributed by atoms with Crippen molar-refractivity contribution >= 4 is 16.8 Å². The van der Waals surface area contributed by atoms with Crippen LogP contribution in [0.4, 0.5) is 0 Å². The van der Waals surface area contributed by atoms with Gasteiger partial charge in [-0.05, 0) is 31.6 Å². The van der Waals surface area contributed by atoms with Gasteiger partial charge < -0.3 is 0 Å². The number of carbonyl (C=O) groups excluding carboxylic acids is 1. The molecule has 0 saturated heterocycles. The highest BCUT2D eigenvalue weighted by Crippen LogP contribution is 2.01. The molecule has 3 heteroatoms. The van der Waals surface area contributed by atoms with Gasteiger partial charge in [0.1, 0.15) is 0 Å². The Morgan fingerprint density at radius 1 is 1.50 bits per heavy atom. The topological polar surface area (TPSA) is 20.3 Å². The number of halogens is 1. The predicted molar refractivity (Wildman–Crippen MR) is 43.2 cm³/mol. The van der Waals surface area contributed by atoms with Gasteiger partial charge in [-0.1, -0.05) is 13.8 Å². The van der Waals surface area contributed by atoms with Gasteiger partial charge in [0.25, 0.3) is 0 Å². The Morgan fingerprint density at radius 3 is 2.00 bits per heavy atom. The average molecular weight is 164 g/mol. The summed E-state index contributed by atoms with van der Waals surface area (Å²) in [4.78, 5) is 12.6. The van der Waals surface area contributed by atoms with Gasteiger partial charge in [0.05, 0.1) is 6.04 Å². The fourth-order valence-corrected chi connectivity index (χ4v) is 1.05. The van der Waals surface area contributed by atoms with Gasteiger partial charge >= 0.3 is 0 Å². The maximum absolute atomic E-state index is 10.6. The number of carbonyl (C=O) groups is 1. The second-order valence-electron chi connectivity index (χ2n) is 2.20. The summed E-state index contributed by atoms with van der Waals surface area (Å²) in [5, 5.41) is -0.274. The molecule has 0 amide bonds. The molecule has 1 atom stereocenters. The van der Waals surface area contributed by atoms with E-state index in [4.69, 9.17) is 11.6 Å². The first-order valence-corrected chi connectivity index (χ1v) is 3.94. The van der Waals surface area contributed by atoms with E-state index in [1.807, 2.05) is 25.7 Å². The number of hydrogen-bond acceptors (Lipinski definition) is 2. The molecular formula is C7H14ClNO. The molecule has 0 aromatic heterocycles. The zero-order chi connectivity index (χ0) is 8.15. The van der Waals surface area contributed by atoms with Crippen molar-refractivity contribution in [3.05, 3.63) is 0 Å². The molecule has 60 valence electrons. The van der Waals surface area contributed by atoms with E-state index >= 15 is 0 Å². The van der Waals surface area contributed by atoms with Crippen molar-refractivity contribution in [2.45, 2.75) is 26.8 Å². The highest BCUT2D eigenvalue weighted by molar-refractivity contribution is 6.64. The molecule has 0 bridgehead atoms. The Bertz CT molecular complexity index is 112. The monoisotopic (exact) mass is 163 g/mol. The van der Waals surface area contributed by atoms with Crippen LogP contribution in [-0.2, 0) is 4.79 Å². The van der Waals surface area contributed by atoms with Crippen molar-refractivity contribution in [3.63, 3.8) is 0 Å². The van der Waals surface area contributed by atoms with Crippen LogP contribution >= 0.6 is 11.6 Å². The summed E-state index contributed by atoms with van der Waals surface area (Å²) in [5.41, 5.74) is 0. The minimum atomic E-state index is -0.274. The lowest BCUT2D eigenvalue weighted by atomic mass is 10.3. The van der Waals surface area contributed by atoms with Crippen LogP contribution in [-0.4, -0.2) is 29.3 Å². The summed E-state index contributed by atoms with van der Waals surface area (Å²) in [6.07, 6.45) is 0. The predicted octanol–water partition coefficient (Wildman–Crippen LogP) is 1.48. The van der Waals surface area contributed by atoms with Gasteiger partial charge in [-0.15, -0.1) is 0 Å². The first-order valence-electron chi connectivity index (χ1n) is 3.56. The van der Waals surface area contributed by atoms with E-state index in [1.165, 1.54) is 0 Å². The van der Waals surface area contributed by atoms with Crippen molar-refractivity contribution in [3.8, 4) is 0 Å². The molecule has 0 spiro atoms. The van der Waals surface area contributed by atoms with E-state index in [1.54, 1.807) is 0 Å². The van der Waals surface area contributed by atoms with Gasteiger partial charge in [-0.3, -0.25) is 9.69 Å². The van der Waals surface area contributed by atoms with E-state index in [0.717, 1.165) is 13.1 Å². The lowest BCUT2D eigenvalue weighted by Crippen LogP contribution is -2.36. The molecule has 0 aliphatic rings. The molecule has 2 nitrogen and oxygen atoms in total. The third kappa shape index (κ3) is 2.67. The molecule has 0 heterocycles. The molecule has 1 unspecified atom stereocenters. The fourth-order valence-electron chi connectivity index (χ4n) is 0.915. The van der Waals surface area contributed by atoms with E-state index in [-0.39, 0.29) is 11.3 Å². The highest BCUT2D eigenvalue weighted by Gasteiger charge is 2.15. The Morgan fingerprint density at radius 2 is 1.90 bits per heavy atom.